The van der Waals surface area contributed by atoms with E-state index < -0.39 is 0 Å². The monoisotopic (exact) mass is 267 g/mol. The van der Waals surface area contributed by atoms with Gasteiger partial charge in [0.2, 0.25) is 0 Å². The van der Waals surface area contributed by atoms with Crippen molar-refractivity contribution >= 4 is 16.6 Å². The van der Waals surface area contributed by atoms with Gasteiger partial charge in [0.1, 0.15) is 0 Å². The molecule has 1 unspecified atom stereocenters. The summed E-state index contributed by atoms with van der Waals surface area (Å²) in [7, 11) is 0. The molecule has 0 bridgehead atoms. The highest BCUT2D eigenvalue weighted by atomic mass is 15.3. The van der Waals surface area contributed by atoms with Crippen molar-refractivity contribution in [1.82, 2.24) is 14.8 Å². The van der Waals surface area contributed by atoms with Gasteiger partial charge in [-0.25, -0.2) is 0 Å². The summed E-state index contributed by atoms with van der Waals surface area (Å²) >= 11 is 0. The number of fused-ring (bicyclic) bond motifs is 5. The summed E-state index contributed by atoms with van der Waals surface area (Å²) in [5.74, 6) is 0. The topological polar surface area (TPSA) is 20.2 Å². The SMILES string of the molecule is CCn1c2c(c3cc(C)ccc31)CCN1C2=CNC1C. The van der Waals surface area contributed by atoms with Crippen molar-refractivity contribution in [2.45, 2.75) is 39.9 Å². The Bertz CT molecular complexity index is 723. The molecule has 0 radical (unpaired) electrons. The molecule has 2 aliphatic rings. The molecular weight excluding hydrogens is 246 g/mol. The first-order chi connectivity index (χ1) is 9.70. The predicted molar refractivity (Wildman–Crippen MR) is 83.3 cm³/mol. The second kappa shape index (κ2) is 4.05. The minimum Gasteiger partial charge on any atom is -0.370 e. The van der Waals surface area contributed by atoms with E-state index in [4.69, 9.17) is 0 Å². The fourth-order valence-corrected chi connectivity index (χ4v) is 3.74. The summed E-state index contributed by atoms with van der Waals surface area (Å²) in [6.45, 7) is 8.80. The molecule has 3 heterocycles. The molecule has 0 saturated carbocycles. The van der Waals surface area contributed by atoms with Gasteiger partial charge in [-0.1, -0.05) is 11.6 Å². The Morgan fingerprint density at radius 3 is 3.00 bits per heavy atom. The minimum atomic E-state index is 0.420. The Balaban J connectivity index is 2.04. The van der Waals surface area contributed by atoms with Gasteiger partial charge < -0.3 is 14.8 Å². The van der Waals surface area contributed by atoms with Gasteiger partial charge in [0.25, 0.3) is 0 Å². The van der Waals surface area contributed by atoms with E-state index in [-0.39, 0.29) is 0 Å². The Morgan fingerprint density at radius 1 is 1.35 bits per heavy atom. The van der Waals surface area contributed by atoms with Crippen molar-refractivity contribution in [3.63, 3.8) is 0 Å². The molecule has 0 aliphatic carbocycles. The van der Waals surface area contributed by atoms with Gasteiger partial charge in [-0.15, -0.1) is 0 Å². The van der Waals surface area contributed by atoms with Crippen molar-refractivity contribution in [3.8, 4) is 0 Å². The second-order valence-corrected chi connectivity index (χ2v) is 5.91. The summed E-state index contributed by atoms with van der Waals surface area (Å²) in [4.78, 5) is 2.49. The van der Waals surface area contributed by atoms with E-state index in [0.717, 1.165) is 19.5 Å². The van der Waals surface area contributed by atoms with Gasteiger partial charge in [0, 0.05) is 30.2 Å². The number of nitrogens with one attached hydrogen (secondary N) is 1. The quantitative estimate of drug-likeness (QED) is 0.857. The lowest BCUT2D eigenvalue weighted by molar-refractivity contribution is 0.307. The first-order valence-corrected chi connectivity index (χ1v) is 7.55. The number of aryl methyl sites for hydroxylation is 2. The molecule has 0 amide bonds. The van der Waals surface area contributed by atoms with E-state index >= 15 is 0 Å². The first-order valence-electron chi connectivity index (χ1n) is 7.55. The highest BCUT2D eigenvalue weighted by Crippen LogP contribution is 2.38. The fraction of sp³-hybridized carbons (Fsp3) is 0.412. The highest BCUT2D eigenvalue weighted by molar-refractivity contribution is 5.91. The maximum absolute atomic E-state index is 3.46. The van der Waals surface area contributed by atoms with Gasteiger partial charge in [-0.05, 0) is 44.9 Å². The van der Waals surface area contributed by atoms with Crippen LogP contribution in [-0.4, -0.2) is 22.2 Å². The summed E-state index contributed by atoms with van der Waals surface area (Å²) in [6, 6.07) is 6.85. The lowest BCUT2D eigenvalue weighted by Gasteiger charge is -2.31. The van der Waals surface area contributed by atoms with Crippen LogP contribution in [0.25, 0.3) is 16.6 Å². The van der Waals surface area contributed by atoms with Gasteiger partial charge >= 0.3 is 0 Å². The molecule has 104 valence electrons. The molecule has 1 N–H and O–H groups in total. The van der Waals surface area contributed by atoms with Crippen LogP contribution in [0.1, 0.15) is 30.7 Å². The molecule has 20 heavy (non-hydrogen) atoms. The van der Waals surface area contributed by atoms with E-state index in [0.29, 0.717) is 6.17 Å². The summed E-state index contributed by atoms with van der Waals surface area (Å²) in [6.07, 6.45) is 3.76. The molecule has 4 rings (SSSR count). The summed E-state index contributed by atoms with van der Waals surface area (Å²) in [5, 5.41) is 4.91. The number of aromatic nitrogens is 1. The van der Waals surface area contributed by atoms with Crippen molar-refractivity contribution in [1.29, 1.82) is 0 Å². The van der Waals surface area contributed by atoms with Gasteiger partial charge in [0.05, 0.1) is 17.6 Å². The lowest BCUT2D eigenvalue weighted by Crippen LogP contribution is -2.37. The van der Waals surface area contributed by atoms with Crippen LogP contribution in [0.5, 0.6) is 0 Å². The smallest absolute Gasteiger partial charge is 0.0958 e. The summed E-state index contributed by atoms with van der Waals surface area (Å²) < 4.78 is 2.47. The molecule has 1 aromatic heterocycles. The zero-order valence-corrected chi connectivity index (χ0v) is 12.4. The molecular formula is C17H21N3. The van der Waals surface area contributed by atoms with Crippen LogP contribution < -0.4 is 5.32 Å². The third kappa shape index (κ3) is 1.41. The molecule has 2 aliphatic heterocycles. The first kappa shape index (κ1) is 11.9. The summed E-state index contributed by atoms with van der Waals surface area (Å²) in [5.41, 5.74) is 7.06. The Labute approximate surface area is 119 Å². The zero-order chi connectivity index (χ0) is 13.9. The Kier molecular flexibility index (Phi) is 2.40. The molecule has 1 atom stereocenters. The standard InChI is InChI=1S/C17H21N3/c1-4-19-15-6-5-11(2)9-14(15)13-7-8-20-12(3)18-10-16(20)17(13)19/h5-6,9-10,12,18H,4,7-8H2,1-3H3. The number of benzene rings is 1. The largest absolute Gasteiger partial charge is 0.370 e. The maximum Gasteiger partial charge on any atom is 0.0958 e. The van der Waals surface area contributed by atoms with E-state index in [1.54, 1.807) is 0 Å². The van der Waals surface area contributed by atoms with Crippen LogP contribution in [0.2, 0.25) is 0 Å². The molecule has 1 aromatic carbocycles. The van der Waals surface area contributed by atoms with E-state index in [1.807, 2.05) is 0 Å². The molecule has 3 nitrogen and oxygen atoms in total. The molecule has 0 fully saturated rings. The van der Waals surface area contributed by atoms with Crippen molar-refractivity contribution in [2.24, 2.45) is 0 Å². The zero-order valence-electron chi connectivity index (χ0n) is 12.4. The lowest BCUT2D eigenvalue weighted by atomic mass is 10.0. The Hall–Kier alpha value is -1.90. The fourth-order valence-electron chi connectivity index (χ4n) is 3.74. The number of hydrogen-bond donors (Lipinski definition) is 1. The average molecular weight is 267 g/mol. The van der Waals surface area contributed by atoms with Crippen LogP contribution in [-0.2, 0) is 13.0 Å². The maximum atomic E-state index is 3.46. The molecule has 2 aromatic rings. The van der Waals surface area contributed by atoms with Crippen LogP contribution >= 0.6 is 0 Å². The van der Waals surface area contributed by atoms with Gasteiger partial charge in [-0.3, -0.25) is 0 Å². The highest BCUT2D eigenvalue weighted by Gasteiger charge is 2.32. The van der Waals surface area contributed by atoms with Crippen LogP contribution in [0.15, 0.2) is 24.4 Å². The van der Waals surface area contributed by atoms with E-state index in [2.05, 4.69) is 60.0 Å². The van der Waals surface area contributed by atoms with Crippen LogP contribution in [0.3, 0.4) is 0 Å². The van der Waals surface area contributed by atoms with Crippen molar-refractivity contribution in [2.75, 3.05) is 6.54 Å². The molecule has 0 saturated heterocycles. The van der Waals surface area contributed by atoms with Crippen molar-refractivity contribution in [3.05, 3.63) is 41.2 Å². The van der Waals surface area contributed by atoms with Crippen LogP contribution in [0, 0.1) is 6.92 Å². The van der Waals surface area contributed by atoms with Crippen LogP contribution in [0.4, 0.5) is 0 Å². The normalized spacial score (nSPS) is 20.6. The third-order valence-electron chi connectivity index (χ3n) is 4.72. The number of nitrogens with zero attached hydrogens (tertiary/aromatic N) is 2. The second-order valence-electron chi connectivity index (χ2n) is 5.91. The molecule has 0 spiro atoms. The predicted octanol–water partition coefficient (Wildman–Crippen LogP) is 3.08. The van der Waals surface area contributed by atoms with Gasteiger partial charge in [0.15, 0.2) is 0 Å². The third-order valence-corrected chi connectivity index (χ3v) is 4.72. The van der Waals surface area contributed by atoms with E-state index in [1.165, 1.54) is 33.4 Å². The minimum absolute atomic E-state index is 0.420. The average Bonchev–Trinajstić information content (AvgIpc) is 2.97. The number of rotatable bonds is 1. The Morgan fingerprint density at radius 2 is 2.20 bits per heavy atom. The molecule has 3 heteroatoms. The van der Waals surface area contributed by atoms with E-state index in [9.17, 15) is 0 Å². The van der Waals surface area contributed by atoms with Crippen molar-refractivity contribution < 1.29 is 0 Å². The number of hydrogen-bond acceptors (Lipinski definition) is 2. The van der Waals surface area contributed by atoms with Gasteiger partial charge in [-0.2, -0.15) is 0 Å².